The number of hydrogen-bond acceptors (Lipinski definition) is 1. The van der Waals surface area contributed by atoms with Gasteiger partial charge in [0.25, 0.3) is 0 Å². The molecule has 0 radical (unpaired) electrons. The molecule has 0 heterocycles. The number of aryl methyl sites for hydroxylation is 1. The van der Waals surface area contributed by atoms with Crippen LogP contribution in [-0.2, 0) is 5.41 Å². The van der Waals surface area contributed by atoms with E-state index in [-0.39, 0.29) is 5.41 Å². The van der Waals surface area contributed by atoms with Crippen molar-refractivity contribution in [3.8, 4) is 5.75 Å². The Labute approximate surface area is 240 Å². The molecule has 1 aromatic rings. The number of benzene rings is 1. The maximum Gasteiger partial charge on any atom is 0.119 e. The second-order valence-electron chi connectivity index (χ2n) is 13.6. The first-order chi connectivity index (χ1) is 18.2. The molecule has 0 fully saturated rings. The van der Waals surface area contributed by atoms with Crippen molar-refractivity contribution in [1.82, 2.24) is 0 Å². The summed E-state index contributed by atoms with van der Waals surface area (Å²) in [5.41, 5.74) is 3.85. The molecule has 2 atom stereocenters. The summed E-state index contributed by atoms with van der Waals surface area (Å²) < 4.78 is 0. The molecule has 0 saturated heterocycles. The van der Waals surface area contributed by atoms with E-state index < -0.39 is 0 Å². The van der Waals surface area contributed by atoms with E-state index in [1.165, 1.54) is 146 Å². The van der Waals surface area contributed by atoms with E-state index in [0.29, 0.717) is 11.7 Å². The summed E-state index contributed by atoms with van der Waals surface area (Å²) in [6.45, 7) is 15.8. The largest absolute Gasteiger partial charge is 0.508 e. The first-order valence-electron chi connectivity index (χ1n) is 17.1. The quantitative estimate of drug-likeness (QED) is 0.140. The number of unbranched alkanes of at least 4 members (excludes halogenated alkanes) is 13. The van der Waals surface area contributed by atoms with Gasteiger partial charge < -0.3 is 5.11 Å². The molecular weight excluding hydrogens is 460 g/mol. The summed E-state index contributed by atoms with van der Waals surface area (Å²) in [6, 6.07) is 4.39. The summed E-state index contributed by atoms with van der Waals surface area (Å²) >= 11 is 0. The minimum atomic E-state index is -0.0279. The van der Waals surface area contributed by atoms with Gasteiger partial charge in [0.05, 0.1) is 0 Å². The molecule has 0 spiro atoms. The number of rotatable bonds is 23. The van der Waals surface area contributed by atoms with Crippen LogP contribution in [0.5, 0.6) is 5.75 Å². The Morgan fingerprint density at radius 2 is 1.05 bits per heavy atom. The van der Waals surface area contributed by atoms with Crippen molar-refractivity contribution in [2.45, 2.75) is 195 Å². The maximum atomic E-state index is 10.7. The van der Waals surface area contributed by atoms with Crippen LogP contribution in [0.2, 0.25) is 0 Å². The van der Waals surface area contributed by atoms with Crippen LogP contribution in [0.25, 0.3) is 0 Å². The number of phenolic OH excluding ortho intramolecular Hbond substituents is 1. The Morgan fingerprint density at radius 1 is 0.579 bits per heavy atom. The summed E-state index contributed by atoms with van der Waals surface area (Å²) in [5.74, 6) is 1.99. The van der Waals surface area contributed by atoms with Crippen molar-refractivity contribution in [2.75, 3.05) is 0 Å². The molecule has 0 amide bonds. The predicted molar refractivity (Wildman–Crippen MR) is 172 cm³/mol. The molecule has 0 aliphatic heterocycles. The summed E-state index contributed by atoms with van der Waals surface area (Å²) in [5, 5.41) is 10.7. The van der Waals surface area contributed by atoms with Gasteiger partial charge in [-0.25, -0.2) is 0 Å². The number of phenols is 1. The van der Waals surface area contributed by atoms with Crippen LogP contribution >= 0.6 is 0 Å². The van der Waals surface area contributed by atoms with Crippen molar-refractivity contribution < 1.29 is 5.11 Å². The van der Waals surface area contributed by atoms with Crippen molar-refractivity contribution in [1.29, 1.82) is 0 Å². The number of hydrogen-bond donors (Lipinski definition) is 1. The van der Waals surface area contributed by atoms with Crippen molar-refractivity contribution in [3.63, 3.8) is 0 Å². The van der Waals surface area contributed by atoms with Crippen molar-refractivity contribution >= 4 is 0 Å². The Bertz CT molecular complexity index is 697. The Balaban J connectivity index is 2.68. The van der Waals surface area contributed by atoms with Gasteiger partial charge in [0.2, 0.25) is 0 Å². The highest BCUT2D eigenvalue weighted by Gasteiger charge is 2.23. The topological polar surface area (TPSA) is 20.2 Å². The van der Waals surface area contributed by atoms with Gasteiger partial charge in [-0.3, -0.25) is 0 Å². The Kier molecular flexibility index (Phi) is 19.2. The summed E-state index contributed by atoms with van der Waals surface area (Å²) in [7, 11) is 0. The fourth-order valence-corrected chi connectivity index (χ4v) is 6.38. The first-order valence-corrected chi connectivity index (χ1v) is 17.1. The highest BCUT2D eigenvalue weighted by molar-refractivity contribution is 5.46. The van der Waals surface area contributed by atoms with Crippen LogP contribution in [0.3, 0.4) is 0 Å². The van der Waals surface area contributed by atoms with Crippen LogP contribution < -0.4 is 0 Å². The summed E-state index contributed by atoms with van der Waals surface area (Å²) in [4.78, 5) is 0. The molecule has 0 bridgehead atoms. The average Bonchev–Trinajstić information content (AvgIpc) is 2.86. The third kappa shape index (κ3) is 15.0. The van der Waals surface area contributed by atoms with E-state index in [9.17, 15) is 5.11 Å². The minimum Gasteiger partial charge on any atom is -0.508 e. The third-order valence-corrected chi connectivity index (χ3v) is 8.87. The molecule has 0 aliphatic carbocycles. The lowest BCUT2D eigenvalue weighted by molar-refractivity contribution is 0.355. The van der Waals surface area contributed by atoms with E-state index in [0.717, 1.165) is 11.5 Å². The second-order valence-corrected chi connectivity index (χ2v) is 13.6. The van der Waals surface area contributed by atoms with E-state index in [1.807, 2.05) is 6.07 Å². The van der Waals surface area contributed by atoms with E-state index >= 15 is 0 Å². The molecule has 1 aromatic carbocycles. The first kappa shape index (κ1) is 35.0. The lowest BCUT2D eigenvalue weighted by atomic mass is 9.79. The van der Waals surface area contributed by atoms with Gasteiger partial charge in [-0.15, -0.1) is 0 Å². The molecule has 38 heavy (non-hydrogen) atoms. The normalized spacial score (nSPS) is 13.7. The van der Waals surface area contributed by atoms with Gasteiger partial charge in [-0.1, -0.05) is 163 Å². The molecule has 1 rings (SSSR count). The molecule has 0 aliphatic rings. The lowest BCUT2D eigenvalue weighted by Crippen LogP contribution is -2.14. The molecule has 1 heteroatoms. The predicted octanol–water partition coefficient (Wildman–Crippen LogP) is 12.9. The Morgan fingerprint density at radius 3 is 1.50 bits per heavy atom. The van der Waals surface area contributed by atoms with Crippen LogP contribution in [-0.4, -0.2) is 5.11 Å². The van der Waals surface area contributed by atoms with Crippen molar-refractivity contribution in [2.24, 2.45) is 5.92 Å². The zero-order valence-electron chi connectivity index (χ0n) is 27.1. The van der Waals surface area contributed by atoms with Crippen molar-refractivity contribution in [3.05, 3.63) is 28.8 Å². The lowest BCUT2D eigenvalue weighted by Gasteiger charge is -2.27. The highest BCUT2D eigenvalue weighted by Crippen LogP contribution is 2.39. The van der Waals surface area contributed by atoms with Crippen LogP contribution in [0.15, 0.2) is 12.1 Å². The number of aromatic hydroxyl groups is 1. The van der Waals surface area contributed by atoms with Crippen LogP contribution in [0.1, 0.15) is 199 Å². The van der Waals surface area contributed by atoms with Gasteiger partial charge in [0, 0.05) is 0 Å². The van der Waals surface area contributed by atoms with Crippen LogP contribution in [0.4, 0.5) is 0 Å². The zero-order valence-corrected chi connectivity index (χ0v) is 27.1. The van der Waals surface area contributed by atoms with E-state index in [4.69, 9.17) is 0 Å². The standard InChI is InChI=1S/C37H68O/c1-8-11-13-15-16-17-18-19-21-23-26-32(25-22-20-14-12-9-2)27-28-33(24-10-3)34-30-35(37(5,6)7)36(38)29-31(34)4/h29-30,32-33,38H,8-28H2,1-7H3. The highest BCUT2D eigenvalue weighted by atomic mass is 16.3. The molecular formula is C37H68O. The zero-order chi connectivity index (χ0) is 28.2. The van der Waals surface area contributed by atoms with Gasteiger partial charge in [-0.2, -0.15) is 0 Å². The van der Waals surface area contributed by atoms with Crippen LogP contribution in [0, 0.1) is 12.8 Å². The molecule has 222 valence electrons. The van der Waals surface area contributed by atoms with E-state index in [2.05, 4.69) is 54.5 Å². The van der Waals surface area contributed by atoms with Gasteiger partial charge >= 0.3 is 0 Å². The molecule has 1 nitrogen and oxygen atoms in total. The average molecular weight is 529 g/mol. The molecule has 2 unspecified atom stereocenters. The van der Waals surface area contributed by atoms with E-state index in [1.54, 1.807) is 0 Å². The minimum absolute atomic E-state index is 0.0279. The van der Waals surface area contributed by atoms with Gasteiger partial charge in [0.1, 0.15) is 5.75 Å². The van der Waals surface area contributed by atoms with Gasteiger partial charge in [0.15, 0.2) is 0 Å². The smallest absolute Gasteiger partial charge is 0.119 e. The molecule has 1 N–H and O–H groups in total. The maximum absolute atomic E-state index is 10.7. The SMILES string of the molecule is CCCCCCCCCCCCC(CCCCCCC)CCC(CCC)c1cc(C(C)(C)C)c(O)cc1C. The molecule has 0 aromatic heterocycles. The summed E-state index contributed by atoms with van der Waals surface area (Å²) in [6.07, 6.45) is 29.4. The molecule has 0 saturated carbocycles. The third-order valence-electron chi connectivity index (χ3n) is 8.87. The Hall–Kier alpha value is -0.980. The van der Waals surface area contributed by atoms with Gasteiger partial charge in [-0.05, 0) is 66.2 Å². The fourth-order valence-electron chi connectivity index (χ4n) is 6.38. The monoisotopic (exact) mass is 529 g/mol. The second kappa shape index (κ2) is 20.9. The fraction of sp³-hybridized carbons (Fsp3) is 0.838.